The molecule has 0 fully saturated rings. The van der Waals surface area contributed by atoms with E-state index in [1.54, 1.807) is 4.57 Å². The van der Waals surface area contributed by atoms with Gasteiger partial charge in [-0.3, -0.25) is 14.3 Å². The minimum absolute atomic E-state index is 0.128. The summed E-state index contributed by atoms with van der Waals surface area (Å²) in [4.78, 5) is 35.2. The number of carbonyl (C=O) groups is 2. The standard InChI is InChI=1S/C25H29N3O6.C4H10/c1-2-13-34-22(30)10-5-3-4-6-14-33-21-9-7-8-17-23(21)26-28-12-11-27-16-18(25(31)32)20(29)15-19(27)24(17)28;1-4(2)3/h7-9,15-16H,2-6,10-14H2,1H3,(H,31,32);4H,1-3H3. The third-order valence-electron chi connectivity index (χ3n) is 5.89. The summed E-state index contributed by atoms with van der Waals surface area (Å²) in [5.74, 6) is 0.159. The molecule has 1 aromatic carbocycles. The predicted molar refractivity (Wildman–Crippen MR) is 147 cm³/mol. The summed E-state index contributed by atoms with van der Waals surface area (Å²) in [5, 5.41) is 14.8. The molecule has 3 heterocycles. The van der Waals surface area contributed by atoms with Crippen LogP contribution in [0.2, 0.25) is 0 Å². The fourth-order valence-corrected chi connectivity index (χ4v) is 4.20. The van der Waals surface area contributed by atoms with Crippen molar-refractivity contribution in [1.29, 1.82) is 0 Å². The molecule has 3 aromatic rings. The molecule has 9 heteroatoms. The number of aromatic carboxylic acids is 1. The lowest BCUT2D eigenvalue weighted by Gasteiger charge is -2.21. The number of carbonyl (C=O) groups excluding carboxylic acids is 1. The molecular formula is C29H39N3O6. The number of pyridine rings is 1. The van der Waals surface area contributed by atoms with Crippen LogP contribution in [0.4, 0.5) is 0 Å². The molecule has 1 aliphatic heterocycles. The highest BCUT2D eigenvalue weighted by Crippen LogP contribution is 2.35. The smallest absolute Gasteiger partial charge is 0.341 e. The van der Waals surface area contributed by atoms with E-state index in [2.05, 4.69) is 20.8 Å². The van der Waals surface area contributed by atoms with Gasteiger partial charge in [0, 0.05) is 30.6 Å². The Labute approximate surface area is 223 Å². The lowest BCUT2D eigenvalue weighted by molar-refractivity contribution is -0.143. The van der Waals surface area contributed by atoms with E-state index >= 15 is 0 Å². The summed E-state index contributed by atoms with van der Waals surface area (Å²) in [6.45, 7) is 10.6. The van der Waals surface area contributed by atoms with Gasteiger partial charge in [0.1, 0.15) is 16.8 Å². The first-order valence-electron chi connectivity index (χ1n) is 13.5. The van der Waals surface area contributed by atoms with E-state index in [0.29, 0.717) is 44.2 Å². The minimum atomic E-state index is -1.23. The van der Waals surface area contributed by atoms with Crippen LogP contribution in [0.1, 0.15) is 76.6 Å². The van der Waals surface area contributed by atoms with Gasteiger partial charge in [0.25, 0.3) is 0 Å². The molecule has 9 nitrogen and oxygen atoms in total. The molecule has 0 radical (unpaired) electrons. The van der Waals surface area contributed by atoms with Gasteiger partial charge in [0.15, 0.2) is 5.43 Å². The third-order valence-corrected chi connectivity index (χ3v) is 5.89. The van der Waals surface area contributed by atoms with E-state index in [1.807, 2.05) is 29.8 Å². The van der Waals surface area contributed by atoms with Crippen LogP contribution < -0.4 is 10.2 Å². The number of hydrogen-bond acceptors (Lipinski definition) is 6. The van der Waals surface area contributed by atoms with Crippen molar-refractivity contribution in [2.45, 2.75) is 79.3 Å². The molecule has 1 aliphatic rings. The van der Waals surface area contributed by atoms with Crippen molar-refractivity contribution >= 4 is 22.8 Å². The van der Waals surface area contributed by atoms with Crippen molar-refractivity contribution in [2.24, 2.45) is 5.92 Å². The molecule has 0 atom stereocenters. The number of unbranched alkanes of at least 4 members (excludes halogenated alkanes) is 3. The van der Waals surface area contributed by atoms with Crippen LogP contribution in [-0.4, -0.2) is 44.6 Å². The summed E-state index contributed by atoms with van der Waals surface area (Å²) < 4.78 is 14.8. The van der Waals surface area contributed by atoms with Gasteiger partial charge >= 0.3 is 11.9 Å². The lowest BCUT2D eigenvalue weighted by Crippen LogP contribution is -2.24. The predicted octanol–water partition coefficient (Wildman–Crippen LogP) is 5.52. The Hall–Kier alpha value is -3.62. The van der Waals surface area contributed by atoms with Crippen LogP contribution in [0, 0.1) is 5.92 Å². The topological polar surface area (TPSA) is 113 Å². The SMILES string of the molecule is CC(C)C.CCCOC(=O)CCCCCCOc1cccc2c3n(nc12)CCn1cc(C(=O)O)c(=O)cc1-3. The first-order chi connectivity index (χ1) is 18.2. The first kappa shape index (κ1) is 28.9. The number of esters is 1. The number of aromatic nitrogens is 3. The van der Waals surface area contributed by atoms with E-state index in [9.17, 15) is 19.5 Å². The molecule has 1 N–H and O–H groups in total. The van der Waals surface area contributed by atoms with Crippen molar-refractivity contribution in [2.75, 3.05) is 13.2 Å². The second-order valence-electron chi connectivity index (χ2n) is 10.1. The quantitative estimate of drug-likeness (QED) is 0.259. The second kappa shape index (κ2) is 13.8. The molecule has 0 aliphatic carbocycles. The summed E-state index contributed by atoms with van der Waals surface area (Å²) in [6, 6.07) is 7.08. The maximum atomic E-state index is 12.3. The number of fused-ring (bicyclic) bond motifs is 5. The monoisotopic (exact) mass is 525 g/mol. The van der Waals surface area contributed by atoms with Gasteiger partial charge in [0.2, 0.25) is 0 Å². The van der Waals surface area contributed by atoms with Gasteiger partial charge in [-0.05, 0) is 31.2 Å². The second-order valence-corrected chi connectivity index (χ2v) is 10.1. The van der Waals surface area contributed by atoms with Gasteiger partial charge in [-0.1, -0.05) is 52.7 Å². The van der Waals surface area contributed by atoms with Crippen LogP contribution in [0.5, 0.6) is 5.75 Å². The van der Waals surface area contributed by atoms with Crippen LogP contribution in [-0.2, 0) is 22.6 Å². The van der Waals surface area contributed by atoms with Gasteiger partial charge in [-0.25, -0.2) is 4.79 Å². The Kier molecular flexibility index (Phi) is 10.5. The summed E-state index contributed by atoms with van der Waals surface area (Å²) in [7, 11) is 0. The minimum Gasteiger partial charge on any atom is -0.491 e. The zero-order valence-electron chi connectivity index (χ0n) is 22.9. The van der Waals surface area contributed by atoms with Gasteiger partial charge in [0.05, 0.1) is 31.1 Å². The molecule has 0 unspecified atom stereocenters. The highest BCUT2D eigenvalue weighted by atomic mass is 16.5. The maximum absolute atomic E-state index is 12.3. The van der Waals surface area contributed by atoms with E-state index in [-0.39, 0.29) is 11.5 Å². The van der Waals surface area contributed by atoms with E-state index in [4.69, 9.17) is 14.6 Å². The fraction of sp³-hybridized carbons (Fsp3) is 0.517. The molecule has 0 spiro atoms. The number of ether oxygens (including phenoxy) is 2. The van der Waals surface area contributed by atoms with Crippen molar-refractivity contribution in [3.05, 3.63) is 46.2 Å². The van der Waals surface area contributed by atoms with Crippen molar-refractivity contribution in [1.82, 2.24) is 14.3 Å². The average Bonchev–Trinajstić information content (AvgIpc) is 3.26. The molecule has 4 rings (SSSR count). The zero-order chi connectivity index (χ0) is 27.7. The molecule has 2 aromatic heterocycles. The van der Waals surface area contributed by atoms with Crippen molar-refractivity contribution in [3.63, 3.8) is 0 Å². The number of aryl methyl sites for hydroxylation is 2. The van der Waals surface area contributed by atoms with E-state index in [0.717, 1.165) is 54.6 Å². The number of carboxylic acid groups (broad SMARTS) is 1. The molecule has 0 bridgehead atoms. The van der Waals surface area contributed by atoms with Crippen LogP contribution >= 0.6 is 0 Å². The van der Waals surface area contributed by atoms with Crippen molar-refractivity contribution < 1.29 is 24.2 Å². The molecule has 38 heavy (non-hydrogen) atoms. The van der Waals surface area contributed by atoms with Gasteiger partial charge < -0.3 is 19.1 Å². The van der Waals surface area contributed by atoms with Crippen LogP contribution in [0.15, 0.2) is 35.3 Å². The number of nitrogens with zero attached hydrogens (tertiary/aromatic N) is 3. The Bertz CT molecular complexity index is 1300. The number of hydrogen-bond donors (Lipinski definition) is 1. The number of rotatable bonds is 11. The summed E-state index contributed by atoms with van der Waals surface area (Å²) in [5.41, 5.74) is 1.41. The zero-order valence-corrected chi connectivity index (χ0v) is 22.9. The van der Waals surface area contributed by atoms with Gasteiger partial charge in [-0.2, -0.15) is 5.10 Å². The highest BCUT2D eigenvalue weighted by Gasteiger charge is 2.24. The Morgan fingerprint density at radius 2 is 1.82 bits per heavy atom. The molecular weight excluding hydrogens is 486 g/mol. The largest absolute Gasteiger partial charge is 0.491 e. The molecule has 0 saturated carbocycles. The average molecular weight is 526 g/mol. The van der Waals surface area contributed by atoms with E-state index < -0.39 is 11.4 Å². The Morgan fingerprint density at radius 3 is 2.53 bits per heavy atom. The molecule has 0 saturated heterocycles. The summed E-state index contributed by atoms with van der Waals surface area (Å²) in [6.07, 6.45) is 6.28. The number of benzene rings is 1. The van der Waals surface area contributed by atoms with E-state index in [1.165, 1.54) is 12.3 Å². The van der Waals surface area contributed by atoms with Crippen LogP contribution in [0.25, 0.3) is 22.3 Å². The Balaban J connectivity index is 0.000000934. The van der Waals surface area contributed by atoms with Gasteiger partial charge in [-0.15, -0.1) is 0 Å². The maximum Gasteiger partial charge on any atom is 0.341 e. The van der Waals surface area contributed by atoms with Crippen molar-refractivity contribution in [3.8, 4) is 17.1 Å². The highest BCUT2D eigenvalue weighted by molar-refractivity contribution is 5.96. The van der Waals surface area contributed by atoms with Crippen LogP contribution in [0.3, 0.4) is 0 Å². The third kappa shape index (κ3) is 7.46. The molecule has 206 valence electrons. The number of carboxylic acids is 1. The fourth-order valence-electron chi connectivity index (χ4n) is 4.20. The normalized spacial score (nSPS) is 11.9. The lowest BCUT2D eigenvalue weighted by atomic mass is 10.1. The molecule has 0 amide bonds. The summed E-state index contributed by atoms with van der Waals surface area (Å²) >= 11 is 0. The first-order valence-corrected chi connectivity index (χ1v) is 13.5. The Morgan fingerprint density at radius 1 is 1.08 bits per heavy atom.